The number of amides is 1. The summed E-state index contributed by atoms with van der Waals surface area (Å²) in [6, 6.07) is 0. The smallest absolute Gasteiger partial charge is 0.246 e. The van der Waals surface area contributed by atoms with Crippen molar-refractivity contribution in [3.8, 4) is 0 Å². The molecule has 1 aliphatic rings. The van der Waals surface area contributed by atoms with Crippen LogP contribution in [-0.4, -0.2) is 18.6 Å². The topological polar surface area (TPSA) is 52.3 Å². The van der Waals surface area contributed by atoms with Crippen LogP contribution in [0.4, 0.5) is 0 Å². The molecule has 1 rings (SSSR count). The molecular formula is C7H11NO2. The van der Waals surface area contributed by atoms with E-state index >= 15 is 0 Å². The number of rotatable bonds is 2. The van der Waals surface area contributed by atoms with E-state index in [2.05, 4.69) is 6.58 Å². The van der Waals surface area contributed by atoms with Gasteiger partial charge in [0.2, 0.25) is 5.91 Å². The zero-order valence-electron chi connectivity index (χ0n) is 5.80. The summed E-state index contributed by atoms with van der Waals surface area (Å²) in [6.45, 7) is 4.26. The molecule has 1 aliphatic heterocycles. The van der Waals surface area contributed by atoms with Crippen molar-refractivity contribution in [3.05, 3.63) is 12.2 Å². The molecule has 0 aromatic carbocycles. The second-order valence-corrected chi connectivity index (χ2v) is 2.39. The third-order valence-corrected chi connectivity index (χ3v) is 1.63. The van der Waals surface area contributed by atoms with E-state index in [0.717, 1.165) is 19.4 Å². The highest BCUT2D eigenvalue weighted by molar-refractivity contribution is 5.92. The highest BCUT2D eigenvalue weighted by Gasteiger charge is 2.21. The van der Waals surface area contributed by atoms with E-state index in [0.29, 0.717) is 5.57 Å². The van der Waals surface area contributed by atoms with E-state index in [1.807, 2.05) is 0 Å². The van der Waals surface area contributed by atoms with Gasteiger partial charge in [-0.25, -0.2) is 0 Å². The van der Waals surface area contributed by atoms with Crippen LogP contribution in [0.1, 0.15) is 12.8 Å². The maximum Gasteiger partial charge on any atom is 0.246 e. The van der Waals surface area contributed by atoms with Gasteiger partial charge in [0.15, 0.2) is 0 Å². The van der Waals surface area contributed by atoms with E-state index in [1.165, 1.54) is 0 Å². The SMILES string of the molecule is C=C(C(N)=O)C1CCCO1. The number of carbonyl (C=O) groups excluding carboxylic acids is 1. The maximum absolute atomic E-state index is 10.5. The van der Waals surface area contributed by atoms with E-state index < -0.39 is 5.91 Å². The summed E-state index contributed by atoms with van der Waals surface area (Å²) in [5.41, 5.74) is 5.40. The van der Waals surface area contributed by atoms with Gasteiger partial charge in [0.25, 0.3) is 0 Å². The summed E-state index contributed by atoms with van der Waals surface area (Å²) in [6.07, 6.45) is 1.76. The van der Waals surface area contributed by atoms with Crippen LogP contribution in [0, 0.1) is 0 Å². The summed E-state index contributed by atoms with van der Waals surface area (Å²) in [5, 5.41) is 0. The first-order chi connectivity index (χ1) is 4.72. The van der Waals surface area contributed by atoms with E-state index in [1.54, 1.807) is 0 Å². The lowest BCUT2D eigenvalue weighted by Gasteiger charge is -2.07. The molecule has 2 N–H and O–H groups in total. The van der Waals surface area contributed by atoms with Crippen molar-refractivity contribution in [2.24, 2.45) is 5.73 Å². The monoisotopic (exact) mass is 141 g/mol. The van der Waals surface area contributed by atoms with Crippen molar-refractivity contribution < 1.29 is 9.53 Å². The Morgan fingerprint density at radius 3 is 2.80 bits per heavy atom. The van der Waals surface area contributed by atoms with Gasteiger partial charge in [0, 0.05) is 12.2 Å². The van der Waals surface area contributed by atoms with Gasteiger partial charge in [-0.2, -0.15) is 0 Å². The van der Waals surface area contributed by atoms with E-state index in [-0.39, 0.29) is 6.10 Å². The summed E-state index contributed by atoms with van der Waals surface area (Å²) in [7, 11) is 0. The first-order valence-electron chi connectivity index (χ1n) is 3.32. The Balaban J connectivity index is 2.48. The zero-order valence-corrected chi connectivity index (χ0v) is 5.80. The van der Waals surface area contributed by atoms with Crippen molar-refractivity contribution in [3.63, 3.8) is 0 Å². The molecule has 0 aliphatic carbocycles. The fraction of sp³-hybridized carbons (Fsp3) is 0.571. The van der Waals surface area contributed by atoms with Gasteiger partial charge in [0.05, 0.1) is 6.10 Å². The fourth-order valence-corrected chi connectivity index (χ4v) is 1.01. The first kappa shape index (κ1) is 7.28. The van der Waals surface area contributed by atoms with Crippen LogP contribution in [0.15, 0.2) is 12.2 Å². The Morgan fingerprint density at radius 2 is 2.40 bits per heavy atom. The van der Waals surface area contributed by atoms with Crippen LogP contribution in [-0.2, 0) is 9.53 Å². The highest BCUT2D eigenvalue weighted by atomic mass is 16.5. The molecule has 0 aromatic heterocycles. The molecule has 1 atom stereocenters. The average molecular weight is 141 g/mol. The summed E-state index contributed by atoms with van der Waals surface area (Å²) >= 11 is 0. The van der Waals surface area contributed by atoms with E-state index in [9.17, 15) is 4.79 Å². The van der Waals surface area contributed by atoms with Gasteiger partial charge in [-0.3, -0.25) is 4.79 Å². The molecule has 1 saturated heterocycles. The molecule has 0 radical (unpaired) electrons. The van der Waals surface area contributed by atoms with Crippen molar-refractivity contribution in [1.29, 1.82) is 0 Å². The standard InChI is InChI=1S/C7H11NO2/c1-5(7(8)9)6-3-2-4-10-6/h6H,1-4H2,(H2,8,9). The molecule has 0 aromatic rings. The fourth-order valence-electron chi connectivity index (χ4n) is 1.01. The van der Waals surface area contributed by atoms with Crippen molar-refractivity contribution in [2.45, 2.75) is 18.9 Å². The summed E-state index contributed by atoms with van der Waals surface area (Å²) in [5.74, 6) is -0.452. The summed E-state index contributed by atoms with van der Waals surface area (Å²) in [4.78, 5) is 10.5. The van der Waals surface area contributed by atoms with Crippen molar-refractivity contribution in [2.75, 3.05) is 6.61 Å². The molecule has 0 spiro atoms. The van der Waals surface area contributed by atoms with Crippen LogP contribution in [0.5, 0.6) is 0 Å². The Kier molecular flexibility index (Phi) is 2.06. The molecule has 3 nitrogen and oxygen atoms in total. The van der Waals surface area contributed by atoms with Crippen molar-refractivity contribution in [1.82, 2.24) is 0 Å². The minimum Gasteiger partial charge on any atom is -0.373 e. The molecule has 1 heterocycles. The predicted molar refractivity (Wildman–Crippen MR) is 37.3 cm³/mol. The molecule has 3 heteroatoms. The van der Waals surface area contributed by atoms with Gasteiger partial charge in [0.1, 0.15) is 0 Å². The molecule has 0 bridgehead atoms. The summed E-state index contributed by atoms with van der Waals surface area (Å²) < 4.78 is 5.18. The van der Waals surface area contributed by atoms with Crippen LogP contribution in [0.3, 0.4) is 0 Å². The molecular weight excluding hydrogens is 130 g/mol. The molecule has 1 fully saturated rings. The van der Waals surface area contributed by atoms with Crippen LogP contribution in [0.2, 0.25) is 0 Å². The Morgan fingerprint density at radius 1 is 1.70 bits per heavy atom. The second kappa shape index (κ2) is 2.84. The number of carbonyl (C=O) groups is 1. The second-order valence-electron chi connectivity index (χ2n) is 2.39. The van der Waals surface area contributed by atoms with Gasteiger partial charge in [-0.1, -0.05) is 6.58 Å². The zero-order chi connectivity index (χ0) is 7.56. The van der Waals surface area contributed by atoms with Crippen LogP contribution >= 0.6 is 0 Å². The minimum atomic E-state index is -0.452. The largest absolute Gasteiger partial charge is 0.373 e. The third-order valence-electron chi connectivity index (χ3n) is 1.63. The average Bonchev–Trinajstić information content (AvgIpc) is 2.36. The molecule has 1 amide bonds. The normalized spacial score (nSPS) is 24.6. The number of ether oxygens (including phenoxy) is 1. The number of hydrogen-bond donors (Lipinski definition) is 1. The molecule has 56 valence electrons. The molecule has 0 saturated carbocycles. The molecule has 10 heavy (non-hydrogen) atoms. The van der Waals surface area contributed by atoms with Crippen molar-refractivity contribution >= 4 is 5.91 Å². The Labute approximate surface area is 59.8 Å². The quantitative estimate of drug-likeness (QED) is 0.559. The number of primary amides is 1. The number of nitrogens with two attached hydrogens (primary N) is 1. The lowest BCUT2D eigenvalue weighted by molar-refractivity contribution is -0.115. The number of hydrogen-bond acceptors (Lipinski definition) is 2. The predicted octanol–water partition coefficient (Wildman–Crippen LogP) is 0.207. The first-order valence-corrected chi connectivity index (χ1v) is 3.32. The van der Waals surface area contributed by atoms with Crippen LogP contribution < -0.4 is 5.73 Å². The maximum atomic E-state index is 10.5. The van der Waals surface area contributed by atoms with Gasteiger partial charge in [-0.15, -0.1) is 0 Å². The lowest BCUT2D eigenvalue weighted by atomic mass is 10.1. The van der Waals surface area contributed by atoms with Gasteiger partial charge >= 0.3 is 0 Å². The van der Waals surface area contributed by atoms with Gasteiger partial charge in [-0.05, 0) is 12.8 Å². The van der Waals surface area contributed by atoms with Gasteiger partial charge < -0.3 is 10.5 Å². The van der Waals surface area contributed by atoms with Crippen LogP contribution in [0.25, 0.3) is 0 Å². The third kappa shape index (κ3) is 1.36. The molecule has 1 unspecified atom stereocenters. The Hall–Kier alpha value is -0.830. The Bertz CT molecular complexity index is 159. The van der Waals surface area contributed by atoms with E-state index in [4.69, 9.17) is 10.5 Å². The highest BCUT2D eigenvalue weighted by Crippen LogP contribution is 2.17. The minimum absolute atomic E-state index is 0.113. The lowest BCUT2D eigenvalue weighted by Crippen LogP contribution is -2.22.